The first-order chi connectivity index (χ1) is 23.5. The Balaban J connectivity index is 1.41. The minimum absolute atomic E-state index is 0.117. The maximum Gasteiger partial charge on any atom is 0.339 e. The molecule has 258 valence electrons. The van der Waals surface area contributed by atoms with Gasteiger partial charge in [-0.2, -0.15) is 0 Å². The van der Waals surface area contributed by atoms with Gasteiger partial charge in [-0.1, -0.05) is 29.8 Å². The monoisotopic (exact) mass is 736 g/mol. The fourth-order valence-corrected chi connectivity index (χ4v) is 8.67. The Morgan fingerprint density at radius 1 is 0.780 bits per heavy atom. The summed E-state index contributed by atoms with van der Waals surface area (Å²) in [6, 6.07) is 8.25. The number of para-hydroxylation sites is 1. The highest BCUT2D eigenvalue weighted by molar-refractivity contribution is 6.58. The minimum Gasteiger partial charge on any atom is -0.508 e. The molecule has 4 aliphatic rings. The number of rotatable bonds is 4. The number of alkyl halides is 2. The number of amides is 4. The van der Waals surface area contributed by atoms with Crippen LogP contribution in [0.25, 0.3) is 0 Å². The number of halogens is 7. The Hall–Kier alpha value is -5.02. The average Bonchev–Trinajstić information content (AvgIpc) is 3.41. The summed E-state index contributed by atoms with van der Waals surface area (Å²) in [5.74, 6) is -25.7. The highest BCUT2D eigenvalue weighted by Gasteiger charge is 2.77. The lowest BCUT2D eigenvalue weighted by Gasteiger charge is -2.50. The maximum atomic E-state index is 15.1. The molecule has 0 spiro atoms. The van der Waals surface area contributed by atoms with Gasteiger partial charge >= 0.3 is 5.97 Å². The number of anilines is 2. The van der Waals surface area contributed by atoms with Gasteiger partial charge in [0.2, 0.25) is 17.6 Å². The van der Waals surface area contributed by atoms with Crippen LogP contribution < -0.4 is 9.80 Å². The van der Waals surface area contributed by atoms with Gasteiger partial charge in [0.1, 0.15) is 22.7 Å². The van der Waals surface area contributed by atoms with Crippen LogP contribution in [0, 0.1) is 46.8 Å². The predicted molar refractivity (Wildman–Crippen MR) is 162 cm³/mol. The van der Waals surface area contributed by atoms with Crippen molar-refractivity contribution >= 4 is 64.2 Å². The van der Waals surface area contributed by atoms with Crippen LogP contribution in [0.4, 0.5) is 33.3 Å². The molecule has 7 rings (SSSR count). The number of aromatic hydroxyl groups is 2. The molecule has 0 aromatic heterocycles. The largest absolute Gasteiger partial charge is 0.508 e. The van der Waals surface area contributed by atoms with Crippen LogP contribution in [-0.4, -0.2) is 54.7 Å². The first-order valence-corrected chi connectivity index (χ1v) is 15.4. The summed E-state index contributed by atoms with van der Waals surface area (Å²) in [5.41, 5.74) is -2.67. The molecule has 17 heteroatoms. The SMILES string of the molecule is O=C(O)c1ccc(N2C(=O)C3CC=C4C(CC5(Cl)C(=O)N(c6c(F)c(F)c(F)c(F)c6F)C(=O)C5(Cl)C4c4ccccc4O)C3C2=O)cc1O. The zero-order valence-electron chi connectivity index (χ0n) is 24.8. The van der Waals surface area contributed by atoms with Crippen molar-refractivity contribution in [2.45, 2.75) is 28.5 Å². The number of carboxylic acids is 1. The summed E-state index contributed by atoms with van der Waals surface area (Å²) in [5, 5.41) is 30.5. The number of carbonyl (C=O) groups excluding carboxylic acids is 4. The zero-order valence-corrected chi connectivity index (χ0v) is 26.3. The van der Waals surface area contributed by atoms with E-state index >= 15 is 8.78 Å². The van der Waals surface area contributed by atoms with Gasteiger partial charge in [-0.3, -0.25) is 19.2 Å². The molecule has 0 radical (unpaired) electrons. The van der Waals surface area contributed by atoms with Gasteiger partial charge in [0, 0.05) is 17.5 Å². The van der Waals surface area contributed by atoms with E-state index in [4.69, 9.17) is 23.2 Å². The zero-order chi connectivity index (χ0) is 36.4. The van der Waals surface area contributed by atoms with E-state index in [0.29, 0.717) is 4.90 Å². The average molecular weight is 737 g/mol. The molecule has 4 amide bonds. The Morgan fingerprint density at radius 3 is 2.00 bits per heavy atom. The molecular weight excluding hydrogens is 718 g/mol. The smallest absolute Gasteiger partial charge is 0.339 e. The fraction of sp³-hybridized carbons (Fsp3) is 0.242. The topological polar surface area (TPSA) is 153 Å². The van der Waals surface area contributed by atoms with Gasteiger partial charge in [0.25, 0.3) is 11.8 Å². The van der Waals surface area contributed by atoms with Gasteiger partial charge in [-0.05, 0) is 37.0 Å². The van der Waals surface area contributed by atoms with Crippen molar-refractivity contribution in [3.8, 4) is 11.5 Å². The van der Waals surface area contributed by atoms with Crippen LogP contribution >= 0.6 is 23.2 Å². The highest BCUT2D eigenvalue weighted by atomic mass is 35.5. The molecule has 3 aromatic carbocycles. The molecule has 50 heavy (non-hydrogen) atoms. The standard InChI is InChI=1S/C33H19Cl2F5N2O8/c34-32-10-16-12(7-8-15-19(16)28(46)41(27(15)45)11-5-6-14(29(47)48)18(44)9-11)20(13-3-1-2-4-17(13)43)33(32,35)31(50)42(30(32)49)26-24(39)22(37)21(36)23(38)25(26)40/h1-7,9,15-16,19-20,43-44H,8,10H2,(H,47,48). The minimum atomic E-state index is -2.80. The van der Waals surface area contributed by atoms with Crippen molar-refractivity contribution in [1.82, 2.24) is 0 Å². The Labute approximate surface area is 286 Å². The number of benzene rings is 3. The van der Waals surface area contributed by atoms with Crippen molar-refractivity contribution in [2.24, 2.45) is 17.8 Å². The van der Waals surface area contributed by atoms with Gasteiger partial charge in [-0.25, -0.2) is 36.5 Å². The lowest BCUT2D eigenvalue weighted by molar-refractivity contribution is -0.125. The predicted octanol–water partition coefficient (Wildman–Crippen LogP) is 5.26. The molecule has 6 unspecified atom stereocenters. The van der Waals surface area contributed by atoms with Crippen LogP contribution in [0.2, 0.25) is 0 Å². The number of imide groups is 2. The second-order valence-electron chi connectivity index (χ2n) is 12.3. The van der Waals surface area contributed by atoms with Crippen LogP contribution in [-0.2, 0) is 19.2 Å². The summed E-state index contributed by atoms with van der Waals surface area (Å²) in [6.45, 7) is 0. The molecule has 3 fully saturated rings. The van der Waals surface area contributed by atoms with Gasteiger partial charge in [0.05, 0.1) is 17.5 Å². The molecule has 10 nitrogen and oxygen atoms in total. The molecule has 3 N–H and O–H groups in total. The van der Waals surface area contributed by atoms with Crippen LogP contribution in [0.15, 0.2) is 54.1 Å². The third kappa shape index (κ3) is 4.10. The van der Waals surface area contributed by atoms with E-state index in [1.807, 2.05) is 0 Å². The second-order valence-corrected chi connectivity index (χ2v) is 13.5. The fourth-order valence-electron chi connectivity index (χ4n) is 7.74. The number of allylic oxidation sites excluding steroid dienone is 2. The van der Waals surface area contributed by atoms with E-state index in [1.165, 1.54) is 30.3 Å². The summed E-state index contributed by atoms with van der Waals surface area (Å²) < 4.78 is 73.0. The van der Waals surface area contributed by atoms with Crippen molar-refractivity contribution in [1.29, 1.82) is 0 Å². The number of carbonyl (C=O) groups is 5. The molecule has 6 atom stereocenters. The molecule has 0 bridgehead atoms. The molecule has 2 aliphatic carbocycles. The van der Waals surface area contributed by atoms with Crippen LogP contribution in [0.1, 0.15) is 34.7 Å². The van der Waals surface area contributed by atoms with Crippen molar-refractivity contribution < 1.29 is 61.2 Å². The van der Waals surface area contributed by atoms with Crippen molar-refractivity contribution in [2.75, 3.05) is 9.80 Å². The number of aromatic carboxylic acids is 1. The number of phenols is 2. The molecule has 3 aromatic rings. The van der Waals surface area contributed by atoms with E-state index in [9.17, 15) is 52.5 Å². The molecule has 2 saturated heterocycles. The summed E-state index contributed by atoms with van der Waals surface area (Å²) in [7, 11) is 0. The van der Waals surface area contributed by atoms with E-state index in [0.717, 1.165) is 18.2 Å². The number of hydrogen-bond donors (Lipinski definition) is 3. The summed E-state index contributed by atoms with van der Waals surface area (Å²) in [6.07, 6.45) is 0.510. The van der Waals surface area contributed by atoms with Crippen LogP contribution in [0.5, 0.6) is 11.5 Å². The third-order valence-corrected chi connectivity index (χ3v) is 11.4. The first-order valence-electron chi connectivity index (χ1n) is 14.7. The molecule has 2 heterocycles. The maximum absolute atomic E-state index is 15.1. The number of nitrogens with zero attached hydrogens (tertiary/aromatic N) is 2. The Bertz CT molecular complexity index is 2140. The van der Waals surface area contributed by atoms with E-state index in [2.05, 4.69) is 0 Å². The van der Waals surface area contributed by atoms with Crippen molar-refractivity contribution in [3.05, 3.63) is 94.3 Å². The van der Waals surface area contributed by atoms with E-state index < -0.39 is 121 Å². The lowest BCUT2D eigenvalue weighted by atomic mass is 9.56. The number of hydrogen-bond acceptors (Lipinski definition) is 7. The van der Waals surface area contributed by atoms with E-state index in [-0.39, 0.29) is 28.1 Å². The molecular formula is C33H19Cl2F5N2O8. The number of fused-ring (bicyclic) bond motifs is 4. The van der Waals surface area contributed by atoms with Crippen LogP contribution in [0.3, 0.4) is 0 Å². The normalized spacial score (nSPS) is 28.8. The highest BCUT2D eigenvalue weighted by Crippen LogP contribution is 2.66. The number of phenolic OH excluding ortho intramolecular Hbond substituents is 1. The second kappa shape index (κ2) is 11.0. The van der Waals surface area contributed by atoms with Gasteiger partial charge < -0.3 is 15.3 Å². The summed E-state index contributed by atoms with van der Waals surface area (Å²) >= 11 is 14.0. The third-order valence-electron chi connectivity index (χ3n) is 9.94. The number of carboxylic acid groups (broad SMARTS) is 1. The van der Waals surface area contributed by atoms with Crippen molar-refractivity contribution in [3.63, 3.8) is 0 Å². The summed E-state index contributed by atoms with van der Waals surface area (Å²) in [4.78, 5) is 62.5. The quantitative estimate of drug-likeness (QED) is 0.0820. The lowest BCUT2D eigenvalue weighted by Crippen LogP contribution is -2.60. The molecule has 1 saturated carbocycles. The molecule has 2 aliphatic heterocycles. The van der Waals surface area contributed by atoms with E-state index in [1.54, 1.807) is 0 Å². The first kappa shape index (κ1) is 33.5. The van der Waals surface area contributed by atoms with Gasteiger partial charge in [0.15, 0.2) is 33.0 Å². The van der Waals surface area contributed by atoms with Gasteiger partial charge in [-0.15, -0.1) is 23.2 Å². The Morgan fingerprint density at radius 2 is 1.40 bits per heavy atom. The Kier molecular flexibility index (Phi) is 7.36.